The van der Waals surface area contributed by atoms with Crippen molar-refractivity contribution < 1.29 is 0 Å². The Labute approximate surface area is 177 Å². The van der Waals surface area contributed by atoms with Gasteiger partial charge in [0.1, 0.15) is 0 Å². The van der Waals surface area contributed by atoms with Gasteiger partial charge in [-0.1, -0.05) is 57.2 Å². The number of para-hydroxylation sites is 2. The Morgan fingerprint density at radius 1 is 1.03 bits per heavy atom. The molecule has 4 heteroatoms. The third-order valence-electron chi connectivity index (χ3n) is 6.12. The summed E-state index contributed by atoms with van der Waals surface area (Å²) < 4.78 is 0. The summed E-state index contributed by atoms with van der Waals surface area (Å²) in [5.41, 5.74) is 8.21. The molecule has 4 nitrogen and oxygen atoms in total. The van der Waals surface area contributed by atoms with Crippen molar-refractivity contribution >= 4 is 33.2 Å². The van der Waals surface area contributed by atoms with Crippen molar-refractivity contribution in [2.75, 3.05) is 12.1 Å². The number of hydrogen-bond acceptors (Lipinski definition) is 3. The standard InChI is InChI=1S/C26H28N4/c1-5-19-23-18-13-9-10-14-20(18)28-25(23)24-21(27-19)15-26(2,3)16-22(24)29-30(4)17-11-7-6-8-12-17/h6-14,28H,5,15-16H2,1-4H3. The number of nitrogens with one attached hydrogen (secondary N) is 1. The molecule has 0 atom stereocenters. The fraction of sp³-hybridized carbons (Fsp3) is 0.308. The van der Waals surface area contributed by atoms with E-state index in [0.717, 1.165) is 36.2 Å². The summed E-state index contributed by atoms with van der Waals surface area (Å²) in [4.78, 5) is 8.90. The maximum atomic E-state index is 5.19. The Bertz CT molecular complexity index is 1260. The highest BCUT2D eigenvalue weighted by Crippen LogP contribution is 2.40. The Morgan fingerprint density at radius 2 is 1.77 bits per heavy atom. The molecule has 0 saturated heterocycles. The number of benzene rings is 2. The quantitative estimate of drug-likeness (QED) is 0.426. The molecule has 5 rings (SSSR count). The second-order valence-electron chi connectivity index (χ2n) is 9.08. The maximum absolute atomic E-state index is 5.19. The average molecular weight is 397 g/mol. The lowest BCUT2D eigenvalue weighted by Crippen LogP contribution is -2.30. The summed E-state index contributed by atoms with van der Waals surface area (Å²) in [6.45, 7) is 6.83. The van der Waals surface area contributed by atoms with E-state index in [-0.39, 0.29) is 5.41 Å². The van der Waals surface area contributed by atoms with Crippen molar-refractivity contribution in [1.82, 2.24) is 9.97 Å². The lowest BCUT2D eigenvalue weighted by Gasteiger charge is -2.33. The van der Waals surface area contributed by atoms with Crippen molar-refractivity contribution in [3.8, 4) is 0 Å². The van der Waals surface area contributed by atoms with Crippen molar-refractivity contribution in [1.29, 1.82) is 0 Å². The Balaban J connectivity index is 1.79. The molecular weight excluding hydrogens is 368 g/mol. The molecule has 1 N–H and O–H groups in total. The summed E-state index contributed by atoms with van der Waals surface area (Å²) in [5, 5.41) is 9.60. The summed E-state index contributed by atoms with van der Waals surface area (Å²) in [5.74, 6) is 0. The summed E-state index contributed by atoms with van der Waals surface area (Å²) in [7, 11) is 2.03. The van der Waals surface area contributed by atoms with E-state index in [2.05, 4.69) is 74.3 Å². The SMILES string of the molecule is CCc1nc2c(c3[nH]c4ccccc4c13)C(=NN(C)c1ccccc1)CC(C)(C)C2. The van der Waals surface area contributed by atoms with Crippen LogP contribution in [-0.2, 0) is 12.8 Å². The zero-order valence-corrected chi connectivity index (χ0v) is 18.2. The monoisotopic (exact) mass is 396 g/mol. The molecule has 2 aromatic carbocycles. The van der Waals surface area contributed by atoms with E-state index in [0.29, 0.717) is 0 Å². The zero-order chi connectivity index (χ0) is 20.9. The number of hydrazone groups is 1. The predicted molar refractivity (Wildman–Crippen MR) is 126 cm³/mol. The Morgan fingerprint density at radius 3 is 2.53 bits per heavy atom. The fourth-order valence-corrected chi connectivity index (χ4v) is 4.77. The van der Waals surface area contributed by atoms with Gasteiger partial charge in [-0.2, -0.15) is 5.10 Å². The molecule has 30 heavy (non-hydrogen) atoms. The minimum atomic E-state index is 0.126. The van der Waals surface area contributed by atoms with Crippen LogP contribution >= 0.6 is 0 Å². The third kappa shape index (κ3) is 3.07. The predicted octanol–water partition coefficient (Wildman–Crippen LogP) is 6.09. The molecule has 2 heterocycles. The highest BCUT2D eigenvalue weighted by Gasteiger charge is 2.34. The fourth-order valence-electron chi connectivity index (χ4n) is 4.77. The number of fused-ring (bicyclic) bond motifs is 5. The number of H-pyrrole nitrogens is 1. The second-order valence-corrected chi connectivity index (χ2v) is 9.08. The molecule has 0 spiro atoms. The normalized spacial score (nSPS) is 16.9. The summed E-state index contributed by atoms with van der Waals surface area (Å²) in [6, 6.07) is 18.9. The molecule has 0 fully saturated rings. The van der Waals surface area contributed by atoms with Crippen LogP contribution in [0.4, 0.5) is 5.69 Å². The number of aromatic nitrogens is 2. The van der Waals surface area contributed by atoms with Gasteiger partial charge in [0, 0.05) is 28.9 Å². The molecule has 0 saturated carbocycles. The van der Waals surface area contributed by atoms with Crippen LogP contribution in [0.15, 0.2) is 59.7 Å². The number of hydrogen-bond donors (Lipinski definition) is 1. The first-order valence-corrected chi connectivity index (χ1v) is 10.8. The minimum absolute atomic E-state index is 0.126. The summed E-state index contributed by atoms with van der Waals surface area (Å²) >= 11 is 0. The number of nitrogens with zero attached hydrogens (tertiary/aromatic N) is 3. The minimum Gasteiger partial charge on any atom is -0.354 e. The number of pyridine rings is 1. The number of rotatable bonds is 3. The van der Waals surface area contributed by atoms with Gasteiger partial charge in [0.05, 0.1) is 28.3 Å². The van der Waals surface area contributed by atoms with Gasteiger partial charge in [-0.25, -0.2) is 0 Å². The molecule has 152 valence electrons. The first-order chi connectivity index (χ1) is 14.5. The molecule has 0 unspecified atom stereocenters. The molecular formula is C26H28N4. The Kier molecular flexibility index (Phi) is 4.39. The third-order valence-corrected chi connectivity index (χ3v) is 6.12. The average Bonchev–Trinajstić information content (AvgIpc) is 3.12. The summed E-state index contributed by atoms with van der Waals surface area (Å²) in [6.07, 6.45) is 2.81. The van der Waals surface area contributed by atoms with Gasteiger partial charge in [0.2, 0.25) is 0 Å². The van der Waals surface area contributed by atoms with Crippen molar-refractivity contribution in [3.05, 3.63) is 71.5 Å². The van der Waals surface area contributed by atoms with Gasteiger partial charge in [-0.3, -0.25) is 9.99 Å². The maximum Gasteiger partial charge on any atom is 0.0726 e. The van der Waals surface area contributed by atoms with Crippen molar-refractivity contribution in [3.63, 3.8) is 0 Å². The lowest BCUT2D eigenvalue weighted by molar-refractivity contribution is 0.367. The van der Waals surface area contributed by atoms with E-state index in [9.17, 15) is 0 Å². The van der Waals surface area contributed by atoms with Crippen LogP contribution in [0, 0.1) is 5.41 Å². The largest absolute Gasteiger partial charge is 0.354 e. The van der Waals surface area contributed by atoms with Gasteiger partial charge >= 0.3 is 0 Å². The second kappa shape index (κ2) is 6.98. The molecule has 0 amide bonds. The van der Waals surface area contributed by atoms with E-state index in [4.69, 9.17) is 10.1 Å². The highest BCUT2D eigenvalue weighted by molar-refractivity contribution is 6.18. The number of anilines is 1. The van der Waals surface area contributed by atoms with Crippen LogP contribution in [0.2, 0.25) is 0 Å². The van der Waals surface area contributed by atoms with E-state index in [1.807, 2.05) is 18.1 Å². The van der Waals surface area contributed by atoms with Crippen LogP contribution in [0.1, 0.15) is 44.1 Å². The molecule has 4 aromatic rings. The van der Waals surface area contributed by atoms with Crippen molar-refractivity contribution in [2.24, 2.45) is 10.5 Å². The topological polar surface area (TPSA) is 44.3 Å². The van der Waals surface area contributed by atoms with Crippen LogP contribution in [0.25, 0.3) is 21.8 Å². The first-order valence-electron chi connectivity index (χ1n) is 10.8. The number of aryl methyl sites for hydroxylation is 1. The Hall–Kier alpha value is -3.14. The van der Waals surface area contributed by atoms with Gasteiger partial charge in [-0.15, -0.1) is 0 Å². The molecule has 0 bridgehead atoms. The molecule has 2 aromatic heterocycles. The molecule has 1 aliphatic carbocycles. The molecule has 0 aliphatic heterocycles. The van der Waals surface area contributed by atoms with E-state index < -0.39 is 0 Å². The van der Waals surface area contributed by atoms with E-state index >= 15 is 0 Å². The molecule has 1 aliphatic rings. The highest BCUT2D eigenvalue weighted by atomic mass is 15.4. The zero-order valence-electron chi connectivity index (χ0n) is 18.2. The van der Waals surface area contributed by atoms with Gasteiger partial charge < -0.3 is 4.98 Å². The number of aromatic amines is 1. The van der Waals surface area contributed by atoms with Gasteiger partial charge in [0.25, 0.3) is 0 Å². The van der Waals surface area contributed by atoms with Crippen LogP contribution in [0.5, 0.6) is 0 Å². The van der Waals surface area contributed by atoms with E-state index in [1.54, 1.807) is 0 Å². The van der Waals surface area contributed by atoms with Gasteiger partial charge in [0.15, 0.2) is 0 Å². The van der Waals surface area contributed by atoms with Crippen LogP contribution in [-0.4, -0.2) is 22.7 Å². The van der Waals surface area contributed by atoms with E-state index in [1.165, 1.54) is 33.2 Å². The van der Waals surface area contributed by atoms with Crippen molar-refractivity contribution in [2.45, 2.75) is 40.0 Å². The van der Waals surface area contributed by atoms with Crippen LogP contribution in [0.3, 0.4) is 0 Å². The van der Waals surface area contributed by atoms with Crippen LogP contribution < -0.4 is 5.01 Å². The smallest absolute Gasteiger partial charge is 0.0726 e. The lowest BCUT2D eigenvalue weighted by atomic mass is 9.74. The molecule has 0 radical (unpaired) electrons. The van der Waals surface area contributed by atoms with Gasteiger partial charge in [-0.05, 0) is 42.9 Å². The first kappa shape index (κ1) is 18.9.